The number of amides is 2. The fourth-order valence-corrected chi connectivity index (χ4v) is 3.26. The molecule has 4 rings (SSSR count). The number of fused-ring (bicyclic) bond motifs is 1. The van der Waals surface area contributed by atoms with Crippen molar-refractivity contribution in [2.75, 3.05) is 49.5 Å². The Morgan fingerprint density at radius 2 is 2.11 bits per heavy atom. The van der Waals surface area contributed by atoms with Gasteiger partial charge < -0.3 is 25.4 Å². The van der Waals surface area contributed by atoms with E-state index in [4.69, 9.17) is 9.47 Å². The Kier molecular flexibility index (Phi) is 7.49. The largest absolute Gasteiger partial charge is 0.480 e. The van der Waals surface area contributed by atoms with E-state index in [0.717, 1.165) is 19.6 Å². The van der Waals surface area contributed by atoms with Crippen molar-refractivity contribution in [1.82, 2.24) is 15.6 Å². The first kappa shape index (κ1) is 21.5. The molecule has 0 aromatic carbocycles. The van der Waals surface area contributed by atoms with Crippen LogP contribution in [-0.2, 0) is 9.53 Å². The molecule has 2 atom stereocenters. The second-order valence-electron chi connectivity index (χ2n) is 6.49. The third-order valence-corrected chi connectivity index (χ3v) is 4.58. The fourth-order valence-electron chi connectivity index (χ4n) is 3.26. The van der Waals surface area contributed by atoms with Crippen LogP contribution in [0.15, 0.2) is 12.1 Å². The van der Waals surface area contributed by atoms with E-state index in [9.17, 15) is 9.59 Å². The minimum absolute atomic E-state index is 0. The predicted octanol–water partition coefficient (Wildman–Crippen LogP) is 0.780. The SMILES string of the molecule is Cl.Cl.O=C1COc2ccc(N3CC(CNCC4CCNC4)OC3=O)nc2N1. The summed E-state index contributed by atoms with van der Waals surface area (Å²) in [5.74, 6) is 1.65. The summed E-state index contributed by atoms with van der Waals surface area (Å²) in [7, 11) is 0. The third-order valence-electron chi connectivity index (χ3n) is 4.58. The molecule has 0 spiro atoms. The molecule has 150 valence electrons. The van der Waals surface area contributed by atoms with Gasteiger partial charge in [0.05, 0.1) is 6.54 Å². The van der Waals surface area contributed by atoms with E-state index < -0.39 is 6.09 Å². The van der Waals surface area contributed by atoms with Crippen LogP contribution in [0.4, 0.5) is 16.4 Å². The average Bonchev–Trinajstić information content (AvgIpc) is 3.24. The molecular weight excluding hydrogens is 397 g/mol. The van der Waals surface area contributed by atoms with Gasteiger partial charge in [-0.2, -0.15) is 0 Å². The number of cyclic esters (lactones) is 1. The van der Waals surface area contributed by atoms with Crippen molar-refractivity contribution in [1.29, 1.82) is 0 Å². The minimum atomic E-state index is -0.426. The molecule has 3 aliphatic heterocycles. The number of carbonyl (C=O) groups excluding carboxylic acids is 2. The Bertz CT molecular complexity index is 687. The van der Waals surface area contributed by atoms with Crippen LogP contribution >= 0.6 is 24.8 Å². The lowest BCUT2D eigenvalue weighted by Gasteiger charge is -2.19. The highest BCUT2D eigenvalue weighted by atomic mass is 35.5. The first-order valence-electron chi connectivity index (χ1n) is 8.52. The van der Waals surface area contributed by atoms with Gasteiger partial charge in [-0.25, -0.2) is 9.78 Å². The molecule has 0 aliphatic carbocycles. The number of rotatable bonds is 5. The zero-order valence-electron chi connectivity index (χ0n) is 14.6. The van der Waals surface area contributed by atoms with Gasteiger partial charge in [0.1, 0.15) is 11.9 Å². The van der Waals surface area contributed by atoms with E-state index in [1.807, 2.05) is 0 Å². The first-order chi connectivity index (χ1) is 12.2. The number of carbonyl (C=O) groups is 2. The molecule has 2 fully saturated rings. The van der Waals surface area contributed by atoms with E-state index in [2.05, 4.69) is 20.9 Å². The molecule has 4 heterocycles. The molecule has 3 N–H and O–H groups in total. The Labute approximate surface area is 169 Å². The van der Waals surface area contributed by atoms with Crippen molar-refractivity contribution in [2.24, 2.45) is 5.92 Å². The van der Waals surface area contributed by atoms with Gasteiger partial charge in [-0.05, 0) is 44.1 Å². The quantitative estimate of drug-likeness (QED) is 0.647. The number of nitrogens with one attached hydrogen (secondary N) is 3. The molecule has 2 amide bonds. The highest BCUT2D eigenvalue weighted by molar-refractivity contribution is 5.95. The Hall–Kier alpha value is -1.81. The molecule has 2 unspecified atom stereocenters. The molecule has 2 saturated heterocycles. The van der Waals surface area contributed by atoms with Gasteiger partial charge in [-0.1, -0.05) is 0 Å². The molecule has 27 heavy (non-hydrogen) atoms. The Balaban J connectivity index is 0.00000131. The molecule has 3 aliphatic rings. The summed E-state index contributed by atoms with van der Waals surface area (Å²) in [6, 6.07) is 3.39. The van der Waals surface area contributed by atoms with Crippen LogP contribution in [0.2, 0.25) is 0 Å². The molecule has 9 nitrogen and oxygen atoms in total. The van der Waals surface area contributed by atoms with Crippen LogP contribution in [-0.4, -0.2) is 62.4 Å². The van der Waals surface area contributed by atoms with Crippen LogP contribution in [0.25, 0.3) is 0 Å². The Morgan fingerprint density at radius 3 is 2.89 bits per heavy atom. The maximum atomic E-state index is 12.1. The predicted molar refractivity (Wildman–Crippen MR) is 104 cm³/mol. The van der Waals surface area contributed by atoms with E-state index in [-0.39, 0.29) is 43.4 Å². The van der Waals surface area contributed by atoms with Gasteiger partial charge >= 0.3 is 6.09 Å². The number of aromatic nitrogens is 1. The van der Waals surface area contributed by atoms with Gasteiger partial charge in [0.25, 0.3) is 5.91 Å². The summed E-state index contributed by atoms with van der Waals surface area (Å²) < 4.78 is 10.7. The average molecular weight is 420 g/mol. The number of hydrogen-bond acceptors (Lipinski definition) is 7. The number of ether oxygens (including phenoxy) is 2. The summed E-state index contributed by atoms with van der Waals surface area (Å²) in [5.41, 5.74) is 0. The summed E-state index contributed by atoms with van der Waals surface area (Å²) >= 11 is 0. The van der Waals surface area contributed by atoms with Crippen molar-refractivity contribution in [3.8, 4) is 5.75 Å². The lowest BCUT2D eigenvalue weighted by atomic mass is 10.1. The Morgan fingerprint density at radius 1 is 1.26 bits per heavy atom. The summed E-state index contributed by atoms with van der Waals surface area (Å²) in [6.07, 6.45) is 0.534. The van der Waals surface area contributed by atoms with Crippen LogP contribution in [0, 0.1) is 5.92 Å². The standard InChI is InChI=1S/C16H21N5O4.2ClH/c22-14-9-24-12-1-2-13(19-15(12)20-14)21-8-11(25-16(21)23)7-18-6-10-3-4-17-5-10;;/h1-2,10-11,17-18H,3-9H2,(H,19,20,22);2*1H. The van der Waals surface area contributed by atoms with Crippen LogP contribution in [0.3, 0.4) is 0 Å². The van der Waals surface area contributed by atoms with Gasteiger partial charge in [-0.3, -0.25) is 9.69 Å². The maximum absolute atomic E-state index is 12.1. The van der Waals surface area contributed by atoms with Crippen molar-refractivity contribution >= 4 is 48.5 Å². The highest BCUT2D eigenvalue weighted by Gasteiger charge is 2.34. The zero-order chi connectivity index (χ0) is 17.2. The van der Waals surface area contributed by atoms with Crippen molar-refractivity contribution < 1.29 is 19.1 Å². The first-order valence-corrected chi connectivity index (χ1v) is 8.52. The number of nitrogens with zero attached hydrogens (tertiary/aromatic N) is 2. The fraction of sp³-hybridized carbons (Fsp3) is 0.562. The summed E-state index contributed by atoms with van der Waals surface area (Å²) in [4.78, 5) is 29.3. The van der Waals surface area contributed by atoms with E-state index in [1.54, 1.807) is 12.1 Å². The molecule has 0 radical (unpaired) electrons. The van der Waals surface area contributed by atoms with Gasteiger partial charge in [0.2, 0.25) is 0 Å². The number of pyridine rings is 1. The number of halogens is 2. The molecule has 0 bridgehead atoms. The monoisotopic (exact) mass is 419 g/mol. The molecular formula is C16H23Cl2N5O4. The molecule has 1 aromatic rings. The third kappa shape index (κ3) is 4.92. The second-order valence-corrected chi connectivity index (χ2v) is 6.49. The highest BCUT2D eigenvalue weighted by Crippen LogP contribution is 2.29. The smallest absolute Gasteiger partial charge is 0.416 e. The maximum Gasteiger partial charge on any atom is 0.416 e. The van der Waals surface area contributed by atoms with Crippen LogP contribution in [0.5, 0.6) is 5.75 Å². The van der Waals surface area contributed by atoms with Gasteiger partial charge in [0, 0.05) is 6.54 Å². The van der Waals surface area contributed by atoms with Crippen molar-refractivity contribution in [3.63, 3.8) is 0 Å². The van der Waals surface area contributed by atoms with Crippen molar-refractivity contribution in [3.05, 3.63) is 12.1 Å². The van der Waals surface area contributed by atoms with Gasteiger partial charge in [0.15, 0.2) is 18.2 Å². The lowest BCUT2D eigenvalue weighted by Crippen LogP contribution is -2.34. The molecule has 11 heteroatoms. The lowest BCUT2D eigenvalue weighted by molar-refractivity contribution is -0.118. The van der Waals surface area contributed by atoms with E-state index >= 15 is 0 Å². The summed E-state index contributed by atoms with van der Waals surface area (Å²) in [6.45, 7) is 4.05. The normalized spacial score (nSPS) is 23.5. The van der Waals surface area contributed by atoms with Crippen LogP contribution < -0.4 is 25.6 Å². The molecule has 0 saturated carbocycles. The van der Waals surface area contributed by atoms with Crippen LogP contribution in [0.1, 0.15) is 6.42 Å². The zero-order valence-corrected chi connectivity index (χ0v) is 16.2. The van der Waals surface area contributed by atoms with E-state index in [1.165, 1.54) is 11.3 Å². The summed E-state index contributed by atoms with van der Waals surface area (Å²) in [5, 5.41) is 9.35. The second kappa shape index (κ2) is 9.41. The van der Waals surface area contributed by atoms with Gasteiger partial charge in [-0.15, -0.1) is 24.8 Å². The minimum Gasteiger partial charge on any atom is -0.480 e. The molecule has 1 aromatic heterocycles. The number of hydrogen-bond donors (Lipinski definition) is 3. The number of anilines is 2. The van der Waals surface area contributed by atoms with Crippen molar-refractivity contribution in [2.45, 2.75) is 12.5 Å². The topological polar surface area (TPSA) is 105 Å². The van der Waals surface area contributed by atoms with E-state index in [0.29, 0.717) is 36.4 Å².